The van der Waals surface area contributed by atoms with Gasteiger partial charge >= 0.3 is 0 Å². The van der Waals surface area contributed by atoms with E-state index in [0.29, 0.717) is 0 Å². The SMILES string of the molecule is Cl[SiH](Cl)CCCC1C2CCC(C2)C1C1CC2CCC1C2. The summed E-state index contributed by atoms with van der Waals surface area (Å²) < 4.78 is 0. The van der Waals surface area contributed by atoms with Gasteiger partial charge in [-0.15, -0.1) is 0 Å². The third-order valence-electron chi connectivity index (χ3n) is 7.40. The first-order chi connectivity index (χ1) is 9.72. The fraction of sp³-hybridized carbons (Fsp3) is 1.00. The Morgan fingerprint density at radius 2 is 1.65 bits per heavy atom. The van der Waals surface area contributed by atoms with Crippen molar-refractivity contribution in [1.29, 1.82) is 0 Å². The fourth-order valence-electron chi connectivity index (χ4n) is 6.82. The fourth-order valence-corrected chi connectivity index (χ4v) is 8.29. The second kappa shape index (κ2) is 5.78. The minimum absolute atomic E-state index is 1.05. The largest absolute Gasteiger partial charge is 0.237 e. The van der Waals surface area contributed by atoms with Crippen molar-refractivity contribution in [2.75, 3.05) is 0 Å². The van der Waals surface area contributed by atoms with Crippen LogP contribution in [0.5, 0.6) is 0 Å². The van der Waals surface area contributed by atoms with Crippen LogP contribution < -0.4 is 0 Å². The summed E-state index contributed by atoms with van der Waals surface area (Å²) in [7, 11) is -1.36. The lowest BCUT2D eigenvalue weighted by molar-refractivity contribution is 0.0992. The van der Waals surface area contributed by atoms with Crippen LogP contribution in [0.2, 0.25) is 6.04 Å². The zero-order valence-electron chi connectivity index (χ0n) is 12.4. The van der Waals surface area contributed by atoms with Crippen molar-refractivity contribution >= 4 is 29.6 Å². The van der Waals surface area contributed by atoms with Gasteiger partial charge in [0.05, 0.1) is 0 Å². The van der Waals surface area contributed by atoms with Gasteiger partial charge < -0.3 is 0 Å². The first kappa shape index (κ1) is 14.4. The summed E-state index contributed by atoms with van der Waals surface area (Å²) in [5.74, 6) is 7.70. The average molecular weight is 331 g/mol. The van der Waals surface area contributed by atoms with Gasteiger partial charge in [0.15, 0.2) is 0 Å². The quantitative estimate of drug-likeness (QED) is 0.457. The molecular formula is C17H28Cl2Si. The van der Waals surface area contributed by atoms with Crippen molar-refractivity contribution in [3.63, 3.8) is 0 Å². The molecule has 7 unspecified atom stereocenters. The van der Waals surface area contributed by atoms with Gasteiger partial charge in [-0.1, -0.05) is 19.3 Å². The number of halogens is 2. The molecule has 0 heterocycles. The second-order valence-electron chi connectivity index (χ2n) is 8.24. The molecule has 4 fully saturated rings. The number of rotatable bonds is 5. The van der Waals surface area contributed by atoms with Crippen molar-refractivity contribution in [1.82, 2.24) is 0 Å². The van der Waals surface area contributed by atoms with Crippen LogP contribution in [0.15, 0.2) is 0 Å². The van der Waals surface area contributed by atoms with E-state index < -0.39 is 7.42 Å². The molecule has 0 nitrogen and oxygen atoms in total. The normalized spacial score (nSPS) is 49.6. The van der Waals surface area contributed by atoms with E-state index in [1.54, 1.807) is 38.5 Å². The molecule has 3 heteroatoms. The Balaban J connectivity index is 1.43. The molecule has 0 aromatic rings. The molecule has 4 aliphatic carbocycles. The molecule has 0 saturated heterocycles. The number of fused-ring (bicyclic) bond motifs is 4. The van der Waals surface area contributed by atoms with E-state index in [1.807, 2.05) is 0 Å². The highest BCUT2D eigenvalue weighted by Crippen LogP contribution is 2.62. The van der Waals surface area contributed by atoms with Gasteiger partial charge in [0.2, 0.25) is 7.42 Å². The van der Waals surface area contributed by atoms with Crippen molar-refractivity contribution in [3.05, 3.63) is 0 Å². The molecular weight excluding hydrogens is 303 g/mol. The smallest absolute Gasteiger partial charge is 0.150 e. The highest BCUT2D eigenvalue weighted by molar-refractivity contribution is 7.33. The Labute approximate surface area is 135 Å². The van der Waals surface area contributed by atoms with Crippen LogP contribution in [0.3, 0.4) is 0 Å². The third-order valence-corrected chi connectivity index (χ3v) is 9.56. The van der Waals surface area contributed by atoms with E-state index in [9.17, 15) is 0 Å². The molecule has 0 amide bonds. The molecule has 0 aliphatic heterocycles. The number of hydrogen-bond donors (Lipinski definition) is 0. The second-order valence-corrected chi connectivity index (χ2v) is 13.4. The van der Waals surface area contributed by atoms with Crippen LogP contribution in [0.4, 0.5) is 0 Å². The highest BCUT2D eigenvalue weighted by atomic mass is 35.7. The van der Waals surface area contributed by atoms with Crippen LogP contribution in [-0.2, 0) is 0 Å². The van der Waals surface area contributed by atoms with Crippen molar-refractivity contribution in [3.8, 4) is 0 Å². The van der Waals surface area contributed by atoms with E-state index >= 15 is 0 Å². The Morgan fingerprint density at radius 1 is 0.850 bits per heavy atom. The van der Waals surface area contributed by atoms with E-state index in [0.717, 1.165) is 47.5 Å². The first-order valence-corrected chi connectivity index (χ1v) is 13.3. The molecule has 20 heavy (non-hydrogen) atoms. The summed E-state index contributed by atoms with van der Waals surface area (Å²) >= 11 is 12.1. The van der Waals surface area contributed by atoms with Gasteiger partial charge in [-0.3, -0.25) is 0 Å². The lowest BCUT2D eigenvalue weighted by Crippen LogP contribution is -2.32. The molecule has 114 valence electrons. The summed E-state index contributed by atoms with van der Waals surface area (Å²) in [5, 5.41) is 0. The van der Waals surface area contributed by atoms with Crippen LogP contribution in [0, 0.1) is 41.4 Å². The van der Waals surface area contributed by atoms with Gasteiger partial charge in [0.25, 0.3) is 0 Å². The molecule has 4 aliphatic rings. The Bertz CT molecular complexity index is 359. The first-order valence-electron chi connectivity index (χ1n) is 9.00. The van der Waals surface area contributed by atoms with Gasteiger partial charge in [-0.05, 0) is 86.0 Å². The zero-order chi connectivity index (χ0) is 13.7. The van der Waals surface area contributed by atoms with E-state index in [-0.39, 0.29) is 0 Å². The number of hydrogen-bond acceptors (Lipinski definition) is 0. The van der Waals surface area contributed by atoms with Gasteiger partial charge in [0.1, 0.15) is 0 Å². The molecule has 0 aromatic heterocycles. The van der Waals surface area contributed by atoms with Crippen LogP contribution in [0.1, 0.15) is 57.8 Å². The molecule has 0 radical (unpaired) electrons. The molecule has 4 rings (SSSR count). The Kier molecular flexibility index (Phi) is 4.16. The summed E-state index contributed by atoms with van der Waals surface area (Å²) in [6.45, 7) is 0. The Hall–Kier alpha value is 0.797. The lowest BCUT2D eigenvalue weighted by Gasteiger charge is -2.39. The third kappa shape index (κ3) is 2.50. The van der Waals surface area contributed by atoms with Crippen LogP contribution >= 0.6 is 22.2 Å². The Morgan fingerprint density at radius 3 is 2.35 bits per heavy atom. The van der Waals surface area contributed by atoms with E-state index in [1.165, 1.54) is 19.3 Å². The molecule has 0 aromatic carbocycles. The maximum atomic E-state index is 6.06. The predicted octanol–water partition coefficient (Wildman–Crippen LogP) is 5.56. The van der Waals surface area contributed by atoms with Gasteiger partial charge in [-0.25, -0.2) is 0 Å². The zero-order valence-corrected chi connectivity index (χ0v) is 15.1. The summed E-state index contributed by atoms with van der Waals surface area (Å²) in [4.78, 5) is 0. The summed E-state index contributed by atoms with van der Waals surface area (Å²) in [5.41, 5.74) is 0. The van der Waals surface area contributed by atoms with Crippen LogP contribution in [0.25, 0.3) is 0 Å². The van der Waals surface area contributed by atoms with E-state index in [2.05, 4.69) is 0 Å². The monoisotopic (exact) mass is 330 g/mol. The molecule has 7 atom stereocenters. The van der Waals surface area contributed by atoms with Crippen LogP contribution in [-0.4, -0.2) is 7.42 Å². The summed E-state index contributed by atoms with van der Waals surface area (Å²) in [6, 6.07) is 1.14. The molecule has 0 spiro atoms. The topological polar surface area (TPSA) is 0 Å². The molecule has 0 N–H and O–H groups in total. The molecule has 4 saturated carbocycles. The minimum atomic E-state index is -1.36. The lowest BCUT2D eigenvalue weighted by atomic mass is 9.66. The van der Waals surface area contributed by atoms with Gasteiger partial charge in [-0.2, -0.15) is 22.2 Å². The van der Waals surface area contributed by atoms with Gasteiger partial charge in [0, 0.05) is 0 Å². The predicted molar refractivity (Wildman–Crippen MR) is 89.6 cm³/mol. The van der Waals surface area contributed by atoms with Crippen molar-refractivity contribution < 1.29 is 0 Å². The molecule has 4 bridgehead atoms. The highest BCUT2D eigenvalue weighted by Gasteiger charge is 2.54. The van der Waals surface area contributed by atoms with Crippen molar-refractivity contribution in [2.45, 2.75) is 63.8 Å². The summed E-state index contributed by atoms with van der Waals surface area (Å²) in [6.07, 6.45) is 13.7. The maximum Gasteiger partial charge on any atom is 0.237 e. The standard InChI is InChI=1S/C17H28Cl2Si/c18-20(19)7-1-2-15-13-5-6-14(10-13)17(15)16-9-11-3-4-12(16)8-11/h11-17,20H,1-10H2. The maximum absolute atomic E-state index is 6.06. The van der Waals surface area contributed by atoms with E-state index in [4.69, 9.17) is 22.2 Å². The van der Waals surface area contributed by atoms with Crippen molar-refractivity contribution in [2.24, 2.45) is 41.4 Å². The minimum Gasteiger partial charge on any atom is -0.150 e. The average Bonchev–Trinajstić information content (AvgIpc) is 3.17.